The van der Waals surface area contributed by atoms with Crippen LogP contribution in [0.15, 0.2) is 34.6 Å². The van der Waals surface area contributed by atoms with E-state index in [2.05, 4.69) is 52.6 Å². The van der Waals surface area contributed by atoms with Gasteiger partial charge in [-0.2, -0.15) is 0 Å². The lowest BCUT2D eigenvalue weighted by Gasteiger charge is -2.21. The second kappa shape index (κ2) is 9.67. The van der Waals surface area contributed by atoms with Gasteiger partial charge in [0.05, 0.1) is 18.4 Å². The maximum absolute atomic E-state index is 12.0. The summed E-state index contributed by atoms with van der Waals surface area (Å²) in [5.74, 6) is 0.392. The van der Waals surface area contributed by atoms with Gasteiger partial charge in [0.25, 0.3) is 0 Å². The molecule has 0 radical (unpaired) electrons. The highest BCUT2D eigenvalue weighted by Gasteiger charge is 2.20. The van der Waals surface area contributed by atoms with Gasteiger partial charge in [0, 0.05) is 6.42 Å². The van der Waals surface area contributed by atoms with E-state index in [0.717, 1.165) is 12.8 Å². The average molecular weight is 325 g/mol. The van der Waals surface area contributed by atoms with Crippen LogP contribution in [0.25, 0.3) is 0 Å². The molecule has 0 aromatic heterocycles. The van der Waals surface area contributed by atoms with Gasteiger partial charge in [-0.3, -0.25) is 0 Å². The molecule has 0 saturated carbocycles. The summed E-state index contributed by atoms with van der Waals surface area (Å²) in [5, 5.41) is 0. The molecule has 0 aromatic rings. The molecular weight excluding hydrogens is 292 g/mol. The summed E-state index contributed by atoms with van der Waals surface area (Å²) >= 11 is 0. The van der Waals surface area contributed by atoms with Crippen molar-refractivity contribution < 1.29 is 14.0 Å². The van der Waals surface area contributed by atoms with E-state index in [1.807, 2.05) is 6.92 Å². The van der Waals surface area contributed by atoms with E-state index in [4.69, 9.17) is 9.16 Å². The fourth-order valence-electron chi connectivity index (χ4n) is 1.98. The lowest BCUT2D eigenvalue weighted by atomic mass is 10.1. The molecule has 0 heterocycles. The van der Waals surface area contributed by atoms with Crippen molar-refractivity contribution in [3.05, 3.63) is 34.6 Å². The summed E-state index contributed by atoms with van der Waals surface area (Å²) < 4.78 is 10.8. The van der Waals surface area contributed by atoms with E-state index in [9.17, 15) is 4.79 Å². The first-order valence-electron chi connectivity index (χ1n) is 7.83. The second-order valence-electron chi connectivity index (χ2n) is 6.82. The van der Waals surface area contributed by atoms with Crippen molar-refractivity contribution in [3.63, 3.8) is 0 Å². The lowest BCUT2D eigenvalue weighted by Crippen LogP contribution is -2.25. The highest BCUT2D eigenvalue weighted by molar-refractivity contribution is 6.70. The SMILES string of the molecule is COC(=O)/C(C/C=C(\C)CCC=C(C)C)=C(/C)O[Si](C)(C)C. The second-order valence-corrected chi connectivity index (χ2v) is 11.2. The van der Waals surface area contributed by atoms with Crippen molar-refractivity contribution in [1.82, 2.24) is 0 Å². The minimum atomic E-state index is -1.73. The molecule has 0 fully saturated rings. The van der Waals surface area contributed by atoms with Crippen LogP contribution in [-0.2, 0) is 14.0 Å². The maximum atomic E-state index is 12.0. The minimum absolute atomic E-state index is 0.302. The van der Waals surface area contributed by atoms with Crippen LogP contribution in [0, 0.1) is 0 Å². The monoisotopic (exact) mass is 324 g/mol. The van der Waals surface area contributed by atoms with Gasteiger partial charge >= 0.3 is 5.97 Å². The van der Waals surface area contributed by atoms with Crippen molar-refractivity contribution in [2.24, 2.45) is 0 Å². The zero-order valence-corrected chi connectivity index (χ0v) is 16.5. The molecule has 0 amide bonds. The first-order valence-corrected chi connectivity index (χ1v) is 11.2. The molecular formula is C18H32O3Si. The van der Waals surface area contributed by atoms with Crippen LogP contribution >= 0.6 is 0 Å². The quantitative estimate of drug-likeness (QED) is 0.198. The van der Waals surface area contributed by atoms with Crippen molar-refractivity contribution in [3.8, 4) is 0 Å². The summed E-state index contributed by atoms with van der Waals surface area (Å²) in [6, 6.07) is 0. The zero-order chi connectivity index (χ0) is 17.3. The fourth-order valence-corrected chi connectivity index (χ4v) is 3.02. The Morgan fingerprint density at radius 2 is 1.64 bits per heavy atom. The molecule has 0 N–H and O–H groups in total. The predicted octanol–water partition coefficient (Wildman–Crippen LogP) is 5.37. The Morgan fingerprint density at radius 1 is 1.05 bits per heavy atom. The van der Waals surface area contributed by atoms with Gasteiger partial charge in [-0.1, -0.05) is 23.3 Å². The molecule has 0 aliphatic heterocycles. The molecule has 0 aromatic carbocycles. The maximum Gasteiger partial charge on any atom is 0.337 e. The minimum Gasteiger partial charge on any atom is -0.547 e. The van der Waals surface area contributed by atoms with E-state index >= 15 is 0 Å². The van der Waals surface area contributed by atoms with Gasteiger partial charge in [-0.15, -0.1) is 0 Å². The van der Waals surface area contributed by atoms with Crippen LogP contribution in [0.4, 0.5) is 0 Å². The molecule has 0 atom stereocenters. The number of rotatable bonds is 8. The molecule has 0 spiro atoms. The van der Waals surface area contributed by atoms with Gasteiger partial charge in [0.2, 0.25) is 8.32 Å². The molecule has 22 heavy (non-hydrogen) atoms. The first-order chi connectivity index (χ1) is 10.1. The van der Waals surface area contributed by atoms with Crippen LogP contribution < -0.4 is 0 Å². The zero-order valence-electron chi connectivity index (χ0n) is 15.5. The molecule has 3 nitrogen and oxygen atoms in total. The summed E-state index contributed by atoms with van der Waals surface area (Å²) in [6.45, 7) is 14.5. The topological polar surface area (TPSA) is 35.5 Å². The van der Waals surface area contributed by atoms with E-state index < -0.39 is 8.32 Å². The lowest BCUT2D eigenvalue weighted by molar-refractivity contribution is -0.136. The summed E-state index contributed by atoms with van der Waals surface area (Å²) in [6.07, 6.45) is 6.93. The van der Waals surface area contributed by atoms with E-state index in [-0.39, 0.29) is 5.97 Å². The Hall–Kier alpha value is -1.29. The van der Waals surface area contributed by atoms with Crippen LogP contribution in [0.3, 0.4) is 0 Å². The third-order valence-corrected chi connectivity index (χ3v) is 3.98. The number of allylic oxidation sites excluding steroid dienone is 5. The number of esters is 1. The van der Waals surface area contributed by atoms with Crippen molar-refractivity contribution in [1.29, 1.82) is 0 Å². The van der Waals surface area contributed by atoms with E-state index in [0.29, 0.717) is 17.8 Å². The summed E-state index contributed by atoms with van der Waals surface area (Å²) in [4.78, 5) is 12.0. The molecule has 4 heteroatoms. The van der Waals surface area contributed by atoms with Crippen LogP contribution in [-0.4, -0.2) is 21.4 Å². The van der Waals surface area contributed by atoms with Gasteiger partial charge in [0.1, 0.15) is 0 Å². The summed E-state index contributed by atoms with van der Waals surface area (Å²) in [7, 11) is -0.313. The van der Waals surface area contributed by atoms with Gasteiger partial charge in [-0.05, 0) is 60.2 Å². The van der Waals surface area contributed by atoms with Crippen LogP contribution in [0.5, 0.6) is 0 Å². The highest BCUT2D eigenvalue weighted by atomic mass is 28.4. The number of methoxy groups -OCH3 is 1. The van der Waals surface area contributed by atoms with Gasteiger partial charge in [0.15, 0.2) is 0 Å². The van der Waals surface area contributed by atoms with Crippen LogP contribution in [0.2, 0.25) is 19.6 Å². The molecule has 0 rings (SSSR count). The van der Waals surface area contributed by atoms with E-state index in [1.165, 1.54) is 18.3 Å². The number of hydrogen-bond donors (Lipinski definition) is 0. The third kappa shape index (κ3) is 9.61. The van der Waals surface area contributed by atoms with Crippen molar-refractivity contribution >= 4 is 14.3 Å². The third-order valence-electron chi connectivity index (χ3n) is 3.06. The van der Waals surface area contributed by atoms with Gasteiger partial charge in [-0.25, -0.2) is 4.79 Å². The Balaban J connectivity index is 4.98. The average Bonchev–Trinajstić information content (AvgIpc) is 2.35. The Morgan fingerprint density at radius 3 is 2.09 bits per heavy atom. The Kier molecular flexibility index (Phi) is 9.10. The Bertz CT molecular complexity index is 461. The molecule has 0 aliphatic rings. The van der Waals surface area contributed by atoms with Crippen LogP contribution in [0.1, 0.15) is 47.0 Å². The smallest absolute Gasteiger partial charge is 0.337 e. The number of carbonyl (C=O) groups is 1. The predicted molar refractivity (Wildman–Crippen MR) is 96.2 cm³/mol. The molecule has 0 aliphatic carbocycles. The van der Waals surface area contributed by atoms with Crippen molar-refractivity contribution in [2.75, 3.05) is 7.11 Å². The molecule has 0 saturated heterocycles. The Labute approximate surface area is 137 Å². The standard InChI is InChI=1S/C18H32O3Si/c1-14(2)10-9-11-15(3)12-13-17(18(19)20-5)16(4)21-22(6,7)8/h10,12H,9,11,13H2,1-8H3/b15-12+,17-16-. The largest absolute Gasteiger partial charge is 0.547 e. The van der Waals surface area contributed by atoms with Gasteiger partial charge < -0.3 is 9.16 Å². The molecule has 0 unspecified atom stereocenters. The number of ether oxygens (including phenoxy) is 1. The number of hydrogen-bond acceptors (Lipinski definition) is 3. The van der Waals surface area contributed by atoms with E-state index in [1.54, 1.807) is 0 Å². The normalized spacial score (nSPS) is 13.4. The first kappa shape index (κ1) is 20.7. The molecule has 0 bridgehead atoms. The number of carbonyl (C=O) groups excluding carboxylic acids is 1. The van der Waals surface area contributed by atoms with Crippen molar-refractivity contribution in [2.45, 2.75) is 66.6 Å². The fraction of sp³-hybridized carbons (Fsp3) is 0.611. The summed E-state index contributed by atoms with van der Waals surface area (Å²) in [5.41, 5.74) is 3.23. The molecule has 126 valence electrons. The highest BCUT2D eigenvalue weighted by Crippen LogP contribution is 2.19.